The zero-order valence-corrected chi connectivity index (χ0v) is 10.8. The van der Waals surface area contributed by atoms with Gasteiger partial charge >= 0.3 is 0 Å². The highest BCUT2D eigenvalue weighted by atomic mass is 32.2. The lowest BCUT2D eigenvalue weighted by molar-refractivity contribution is -0.124. The van der Waals surface area contributed by atoms with E-state index in [1.54, 1.807) is 0 Å². The second-order valence-corrected chi connectivity index (χ2v) is 5.94. The van der Waals surface area contributed by atoms with Gasteiger partial charge in [-0.3, -0.25) is 4.79 Å². The first-order valence-electron chi connectivity index (χ1n) is 5.76. The molecule has 0 spiro atoms. The SMILES string of the molecule is Nc1c(F)cccc1S(=O)(=O)NC1CCCNC1=O. The van der Waals surface area contributed by atoms with Crippen LogP contribution in [0.3, 0.4) is 0 Å². The number of hydrogen-bond donors (Lipinski definition) is 3. The summed E-state index contributed by atoms with van der Waals surface area (Å²) >= 11 is 0. The number of carbonyl (C=O) groups is 1. The summed E-state index contributed by atoms with van der Waals surface area (Å²) < 4.78 is 39.7. The van der Waals surface area contributed by atoms with Crippen LogP contribution in [0.25, 0.3) is 0 Å². The van der Waals surface area contributed by atoms with Gasteiger partial charge in [-0.25, -0.2) is 12.8 Å². The van der Waals surface area contributed by atoms with E-state index in [0.29, 0.717) is 19.4 Å². The van der Waals surface area contributed by atoms with E-state index in [-0.39, 0.29) is 10.8 Å². The Hall–Kier alpha value is -1.67. The van der Waals surface area contributed by atoms with Crippen LogP contribution in [-0.2, 0) is 14.8 Å². The Balaban J connectivity index is 2.27. The minimum atomic E-state index is -4.02. The first kappa shape index (κ1) is 13.8. The molecule has 19 heavy (non-hydrogen) atoms. The minimum absolute atomic E-state index is 0.356. The van der Waals surface area contributed by atoms with Crippen LogP contribution in [0.2, 0.25) is 0 Å². The third kappa shape index (κ3) is 2.85. The molecule has 104 valence electrons. The van der Waals surface area contributed by atoms with E-state index in [9.17, 15) is 17.6 Å². The maximum atomic E-state index is 13.3. The number of halogens is 1. The number of nitrogens with two attached hydrogens (primary N) is 1. The number of para-hydroxylation sites is 1. The van der Waals surface area contributed by atoms with Crippen molar-refractivity contribution in [2.75, 3.05) is 12.3 Å². The molecule has 8 heteroatoms. The summed E-state index contributed by atoms with van der Waals surface area (Å²) in [5, 5.41) is 2.56. The zero-order valence-electron chi connectivity index (χ0n) is 10.0. The molecule has 1 fully saturated rings. The third-order valence-electron chi connectivity index (χ3n) is 2.89. The van der Waals surface area contributed by atoms with Crippen molar-refractivity contribution in [1.82, 2.24) is 10.0 Å². The highest BCUT2D eigenvalue weighted by Gasteiger charge is 2.29. The second-order valence-electron chi connectivity index (χ2n) is 4.26. The monoisotopic (exact) mass is 287 g/mol. The zero-order chi connectivity index (χ0) is 14.0. The molecule has 1 aliphatic rings. The molecular formula is C11H14FN3O3S. The molecule has 1 atom stereocenters. The van der Waals surface area contributed by atoms with Gasteiger partial charge in [-0.1, -0.05) is 6.07 Å². The summed E-state index contributed by atoms with van der Waals surface area (Å²) in [4.78, 5) is 11.2. The number of nitrogens with one attached hydrogen (secondary N) is 2. The fourth-order valence-corrected chi connectivity index (χ4v) is 3.26. The van der Waals surface area contributed by atoms with Gasteiger partial charge in [0.2, 0.25) is 15.9 Å². The minimum Gasteiger partial charge on any atom is -0.395 e. The fourth-order valence-electron chi connectivity index (χ4n) is 1.89. The molecule has 1 amide bonds. The Labute approximate surface area is 110 Å². The first-order chi connectivity index (χ1) is 8.92. The van der Waals surface area contributed by atoms with Crippen LogP contribution >= 0.6 is 0 Å². The van der Waals surface area contributed by atoms with Gasteiger partial charge in [-0.15, -0.1) is 0 Å². The molecular weight excluding hydrogens is 273 g/mol. The van der Waals surface area contributed by atoms with Gasteiger partial charge in [0.15, 0.2) is 0 Å². The predicted molar refractivity (Wildman–Crippen MR) is 67.2 cm³/mol. The highest BCUT2D eigenvalue weighted by Crippen LogP contribution is 2.21. The van der Waals surface area contributed by atoms with E-state index in [1.165, 1.54) is 12.1 Å². The molecule has 2 rings (SSSR count). The van der Waals surface area contributed by atoms with Gasteiger partial charge < -0.3 is 11.1 Å². The molecule has 1 aliphatic heterocycles. The molecule has 0 aliphatic carbocycles. The maximum Gasteiger partial charge on any atom is 0.243 e. The first-order valence-corrected chi connectivity index (χ1v) is 7.24. The topological polar surface area (TPSA) is 101 Å². The molecule has 6 nitrogen and oxygen atoms in total. The molecule has 0 bridgehead atoms. The number of nitrogen functional groups attached to an aromatic ring is 1. The Morgan fingerprint density at radius 1 is 1.42 bits per heavy atom. The van der Waals surface area contributed by atoms with Crippen molar-refractivity contribution >= 4 is 21.6 Å². The highest BCUT2D eigenvalue weighted by molar-refractivity contribution is 7.89. The lowest BCUT2D eigenvalue weighted by Gasteiger charge is -2.22. The smallest absolute Gasteiger partial charge is 0.243 e. The van der Waals surface area contributed by atoms with Gasteiger partial charge in [0.05, 0.1) is 5.69 Å². The number of piperidine rings is 1. The molecule has 0 radical (unpaired) electrons. The van der Waals surface area contributed by atoms with E-state index in [4.69, 9.17) is 5.73 Å². The Morgan fingerprint density at radius 2 is 2.16 bits per heavy atom. The number of anilines is 1. The summed E-state index contributed by atoms with van der Waals surface area (Å²) in [5.74, 6) is -1.19. The average molecular weight is 287 g/mol. The molecule has 0 aromatic heterocycles. The predicted octanol–water partition coefficient (Wildman–Crippen LogP) is -0.0352. The molecule has 1 aromatic carbocycles. The summed E-state index contributed by atoms with van der Waals surface area (Å²) in [6, 6.07) is 2.67. The van der Waals surface area contributed by atoms with Gasteiger partial charge in [-0.2, -0.15) is 4.72 Å². The van der Waals surface area contributed by atoms with E-state index >= 15 is 0 Å². The number of benzene rings is 1. The van der Waals surface area contributed by atoms with Gasteiger partial charge in [-0.05, 0) is 25.0 Å². The maximum absolute atomic E-state index is 13.3. The molecule has 0 saturated carbocycles. The van der Waals surface area contributed by atoms with Gasteiger partial charge in [0.25, 0.3) is 0 Å². The number of sulfonamides is 1. The Bertz CT molecular complexity index is 603. The van der Waals surface area contributed by atoms with Crippen molar-refractivity contribution < 1.29 is 17.6 Å². The second kappa shape index (κ2) is 5.14. The lowest BCUT2D eigenvalue weighted by atomic mass is 10.1. The number of carbonyl (C=O) groups excluding carboxylic acids is 1. The number of hydrogen-bond acceptors (Lipinski definition) is 4. The van der Waals surface area contributed by atoms with E-state index in [1.807, 2.05) is 0 Å². The van der Waals surface area contributed by atoms with E-state index in [2.05, 4.69) is 10.0 Å². The molecule has 1 unspecified atom stereocenters. The largest absolute Gasteiger partial charge is 0.395 e. The molecule has 4 N–H and O–H groups in total. The van der Waals surface area contributed by atoms with Crippen molar-refractivity contribution in [3.05, 3.63) is 24.0 Å². The van der Waals surface area contributed by atoms with Crippen molar-refractivity contribution in [2.24, 2.45) is 0 Å². The normalized spacial score (nSPS) is 20.1. The van der Waals surface area contributed by atoms with Gasteiger partial charge in [0.1, 0.15) is 16.8 Å². The fraction of sp³-hybridized carbons (Fsp3) is 0.364. The summed E-state index contributed by atoms with van der Waals surface area (Å²) in [7, 11) is -4.02. The number of amides is 1. The summed E-state index contributed by atoms with van der Waals surface area (Å²) in [5.41, 5.74) is 4.96. The van der Waals surface area contributed by atoms with Crippen LogP contribution in [0.1, 0.15) is 12.8 Å². The quantitative estimate of drug-likeness (QED) is 0.679. The van der Waals surface area contributed by atoms with E-state index in [0.717, 1.165) is 6.07 Å². The van der Waals surface area contributed by atoms with Crippen LogP contribution in [0.5, 0.6) is 0 Å². The van der Waals surface area contributed by atoms with Crippen molar-refractivity contribution in [3.63, 3.8) is 0 Å². The average Bonchev–Trinajstić information content (AvgIpc) is 2.35. The number of rotatable bonds is 3. The lowest BCUT2D eigenvalue weighted by Crippen LogP contribution is -2.50. The van der Waals surface area contributed by atoms with Crippen LogP contribution in [-0.4, -0.2) is 26.9 Å². The van der Waals surface area contributed by atoms with Crippen molar-refractivity contribution in [3.8, 4) is 0 Å². The van der Waals surface area contributed by atoms with E-state index < -0.39 is 27.6 Å². The van der Waals surface area contributed by atoms with Crippen LogP contribution < -0.4 is 15.8 Å². The molecule has 1 saturated heterocycles. The van der Waals surface area contributed by atoms with Crippen LogP contribution in [0, 0.1) is 5.82 Å². The molecule has 1 heterocycles. The van der Waals surface area contributed by atoms with Gasteiger partial charge in [0, 0.05) is 6.54 Å². The van der Waals surface area contributed by atoms with Crippen molar-refractivity contribution in [2.45, 2.75) is 23.8 Å². The van der Waals surface area contributed by atoms with Crippen molar-refractivity contribution in [1.29, 1.82) is 0 Å². The van der Waals surface area contributed by atoms with Crippen LogP contribution in [0.15, 0.2) is 23.1 Å². The Kier molecular flexibility index (Phi) is 3.72. The summed E-state index contributed by atoms with van der Waals surface area (Å²) in [6.07, 6.45) is 1.08. The van der Waals surface area contributed by atoms with Crippen LogP contribution in [0.4, 0.5) is 10.1 Å². The third-order valence-corrected chi connectivity index (χ3v) is 4.41. The summed E-state index contributed by atoms with van der Waals surface area (Å²) in [6.45, 7) is 0.527. The molecule has 1 aromatic rings. The Morgan fingerprint density at radius 3 is 2.84 bits per heavy atom. The standard InChI is InChI=1S/C11H14FN3O3S/c12-7-3-1-5-9(10(7)13)19(17,18)15-8-4-2-6-14-11(8)16/h1,3,5,8,15H,2,4,6,13H2,(H,14,16).